The largest absolute Gasteiger partial charge is 0.0829 e. The Morgan fingerprint density at radius 2 is 1.71 bits per heavy atom. The summed E-state index contributed by atoms with van der Waals surface area (Å²) in [6.45, 7) is 6.77. The molecule has 0 N–H and O–H groups in total. The lowest BCUT2D eigenvalue weighted by Crippen LogP contribution is -1.95. The molecule has 0 spiro atoms. The Kier molecular flexibility index (Phi) is 4.08. The van der Waals surface area contributed by atoms with E-state index < -0.39 is 0 Å². The number of alkyl halides is 1. The van der Waals surface area contributed by atoms with Gasteiger partial charge in [0.05, 0.1) is 0 Å². The summed E-state index contributed by atoms with van der Waals surface area (Å²) < 4.78 is 0.845. The highest BCUT2D eigenvalue weighted by Gasteiger charge is 1.97. The Labute approximate surface area is 59.8 Å². The van der Waals surface area contributed by atoms with Crippen molar-refractivity contribution >= 4 is 22.6 Å². The molecule has 44 valence electrons. The molecule has 0 aliphatic rings. The smallest absolute Gasteiger partial charge is 0.00837 e. The first-order valence-corrected chi connectivity index (χ1v) is 4.01. The molecule has 1 heteroatoms. The Hall–Kier alpha value is 0.730. The highest BCUT2D eigenvalue weighted by molar-refractivity contribution is 14.1. The normalized spacial score (nSPS) is 15.0. The average molecular weight is 212 g/mol. The highest BCUT2D eigenvalue weighted by Crippen LogP contribution is 2.10. The van der Waals surface area contributed by atoms with Crippen LogP contribution in [-0.2, 0) is 0 Å². The van der Waals surface area contributed by atoms with Crippen molar-refractivity contribution in [1.29, 1.82) is 0 Å². The third-order valence-corrected chi connectivity index (χ3v) is 1.30. The maximum Gasteiger partial charge on any atom is 0.00837 e. The maximum atomic E-state index is 2.46. The van der Waals surface area contributed by atoms with E-state index in [9.17, 15) is 0 Å². The minimum atomic E-state index is 0.845. The molecule has 0 aliphatic carbocycles. The van der Waals surface area contributed by atoms with E-state index in [1.807, 2.05) is 0 Å². The van der Waals surface area contributed by atoms with Crippen LogP contribution < -0.4 is 0 Å². The lowest BCUT2D eigenvalue weighted by atomic mass is 10.1. The van der Waals surface area contributed by atoms with E-state index in [4.69, 9.17) is 0 Å². The third kappa shape index (κ3) is 6.73. The van der Waals surface area contributed by atoms with Crippen molar-refractivity contribution in [3.63, 3.8) is 0 Å². The van der Waals surface area contributed by atoms with Crippen LogP contribution in [0.25, 0.3) is 0 Å². The summed E-state index contributed by atoms with van der Waals surface area (Å²) in [6.07, 6.45) is 1.35. The number of halogens is 1. The van der Waals surface area contributed by atoms with Gasteiger partial charge in [0.2, 0.25) is 0 Å². The van der Waals surface area contributed by atoms with Gasteiger partial charge in [-0.2, -0.15) is 0 Å². The van der Waals surface area contributed by atoms with E-state index in [-0.39, 0.29) is 0 Å². The van der Waals surface area contributed by atoms with Gasteiger partial charge in [0, 0.05) is 3.92 Å². The zero-order valence-corrected chi connectivity index (χ0v) is 7.40. The van der Waals surface area contributed by atoms with Gasteiger partial charge in [0.1, 0.15) is 0 Å². The molecule has 7 heavy (non-hydrogen) atoms. The Morgan fingerprint density at radius 3 is 1.71 bits per heavy atom. The molecule has 0 bridgehead atoms. The lowest BCUT2D eigenvalue weighted by Gasteiger charge is -2.03. The van der Waals surface area contributed by atoms with Crippen molar-refractivity contribution in [3.05, 3.63) is 0 Å². The van der Waals surface area contributed by atoms with Crippen LogP contribution >= 0.6 is 22.6 Å². The molecule has 0 heterocycles. The van der Waals surface area contributed by atoms with E-state index in [1.165, 1.54) is 6.42 Å². The third-order valence-electron chi connectivity index (χ3n) is 0.796. The maximum absolute atomic E-state index is 2.46. The zero-order chi connectivity index (χ0) is 5.86. The summed E-state index contributed by atoms with van der Waals surface area (Å²) in [7, 11) is 0. The second-order valence-electron chi connectivity index (χ2n) is 2.41. The van der Waals surface area contributed by atoms with Crippen LogP contribution in [0.4, 0.5) is 0 Å². The monoisotopic (exact) mass is 212 g/mol. The summed E-state index contributed by atoms with van der Waals surface area (Å²) in [6, 6.07) is 0. The highest BCUT2D eigenvalue weighted by atomic mass is 127. The van der Waals surface area contributed by atoms with Crippen molar-refractivity contribution in [2.24, 2.45) is 5.92 Å². The van der Waals surface area contributed by atoms with E-state index in [2.05, 4.69) is 43.4 Å². The fraction of sp³-hybridized carbons (Fsp3) is 1.00. The van der Waals surface area contributed by atoms with Gasteiger partial charge in [-0.1, -0.05) is 43.4 Å². The van der Waals surface area contributed by atoms with Gasteiger partial charge in [0.25, 0.3) is 0 Å². The fourth-order valence-corrected chi connectivity index (χ4v) is 1.67. The van der Waals surface area contributed by atoms with Crippen LogP contribution in [0.5, 0.6) is 0 Å². The van der Waals surface area contributed by atoms with E-state index >= 15 is 0 Å². The molecule has 1 unspecified atom stereocenters. The van der Waals surface area contributed by atoms with Crippen LogP contribution in [-0.4, -0.2) is 3.92 Å². The van der Waals surface area contributed by atoms with Gasteiger partial charge in [-0.05, 0) is 12.3 Å². The van der Waals surface area contributed by atoms with Crippen LogP contribution in [0, 0.1) is 5.92 Å². The topological polar surface area (TPSA) is 0 Å². The summed E-state index contributed by atoms with van der Waals surface area (Å²) in [4.78, 5) is 0. The van der Waals surface area contributed by atoms with Crippen molar-refractivity contribution in [3.8, 4) is 0 Å². The molecule has 1 atom stereocenters. The Bertz CT molecular complexity index is 33.4. The average Bonchev–Trinajstić information content (AvgIpc) is 1.27. The number of rotatable bonds is 2. The second kappa shape index (κ2) is 3.70. The van der Waals surface area contributed by atoms with Crippen molar-refractivity contribution in [1.82, 2.24) is 0 Å². The van der Waals surface area contributed by atoms with Gasteiger partial charge in [0.15, 0.2) is 0 Å². The van der Waals surface area contributed by atoms with Crippen LogP contribution in [0.15, 0.2) is 0 Å². The molecule has 0 saturated carbocycles. The predicted molar refractivity (Wildman–Crippen MR) is 42.9 cm³/mol. The molecule has 0 aromatic carbocycles. The summed E-state index contributed by atoms with van der Waals surface area (Å²) >= 11 is 2.46. The molecule has 0 fully saturated rings. The molecule has 0 amide bonds. The summed E-state index contributed by atoms with van der Waals surface area (Å²) in [5.41, 5.74) is 0. The van der Waals surface area contributed by atoms with Crippen molar-refractivity contribution in [2.45, 2.75) is 31.1 Å². The van der Waals surface area contributed by atoms with E-state index in [0.717, 1.165) is 9.84 Å². The van der Waals surface area contributed by atoms with Crippen LogP contribution in [0.1, 0.15) is 27.2 Å². The van der Waals surface area contributed by atoms with Crippen LogP contribution in [0.2, 0.25) is 0 Å². The zero-order valence-electron chi connectivity index (χ0n) is 5.24. The fourth-order valence-electron chi connectivity index (χ4n) is 0.650. The SMILES string of the molecule is CC(C)CC(C)I. The standard InChI is InChI=1S/C6H13I/c1-5(2)4-6(3)7/h5-6H,4H2,1-3H3. The molecule has 0 nitrogen and oxygen atoms in total. The molecular weight excluding hydrogens is 199 g/mol. The van der Waals surface area contributed by atoms with Gasteiger partial charge in [-0.25, -0.2) is 0 Å². The first-order chi connectivity index (χ1) is 3.13. The quantitative estimate of drug-likeness (QED) is 0.487. The second-order valence-corrected chi connectivity index (χ2v) is 4.54. The molecule has 0 saturated heterocycles. The molecule has 0 rings (SSSR count). The first-order valence-electron chi connectivity index (χ1n) is 2.77. The molecule has 0 aromatic rings. The van der Waals surface area contributed by atoms with Gasteiger partial charge >= 0.3 is 0 Å². The molecule has 0 aliphatic heterocycles. The minimum Gasteiger partial charge on any atom is -0.0829 e. The van der Waals surface area contributed by atoms with Gasteiger partial charge in [-0.3, -0.25) is 0 Å². The van der Waals surface area contributed by atoms with Crippen molar-refractivity contribution < 1.29 is 0 Å². The van der Waals surface area contributed by atoms with E-state index in [0.29, 0.717) is 0 Å². The Balaban J connectivity index is 2.95. The van der Waals surface area contributed by atoms with Crippen molar-refractivity contribution in [2.75, 3.05) is 0 Å². The first kappa shape index (κ1) is 7.73. The molecule has 0 radical (unpaired) electrons. The number of hydrogen-bond acceptors (Lipinski definition) is 0. The van der Waals surface area contributed by atoms with Gasteiger partial charge in [-0.15, -0.1) is 0 Å². The van der Waals surface area contributed by atoms with Crippen LogP contribution in [0.3, 0.4) is 0 Å². The summed E-state index contributed by atoms with van der Waals surface area (Å²) in [5.74, 6) is 0.867. The molecule has 0 aromatic heterocycles. The lowest BCUT2D eigenvalue weighted by molar-refractivity contribution is 0.594. The number of hydrogen-bond donors (Lipinski definition) is 0. The Morgan fingerprint density at radius 1 is 1.29 bits per heavy atom. The minimum absolute atomic E-state index is 0.845. The van der Waals surface area contributed by atoms with E-state index in [1.54, 1.807) is 0 Å². The molecular formula is C6H13I. The predicted octanol–water partition coefficient (Wildman–Crippen LogP) is 2.86. The summed E-state index contributed by atoms with van der Waals surface area (Å²) in [5, 5.41) is 0. The van der Waals surface area contributed by atoms with Gasteiger partial charge < -0.3 is 0 Å².